The van der Waals surface area contributed by atoms with Crippen LogP contribution >= 0.6 is 0 Å². The number of benzene rings is 1. The summed E-state index contributed by atoms with van der Waals surface area (Å²) in [6.45, 7) is 0.255. The van der Waals surface area contributed by atoms with E-state index in [1.807, 2.05) is 6.07 Å². The zero-order valence-corrected chi connectivity index (χ0v) is 11.0. The number of unbranched alkanes of at least 4 members (excludes halogenated alkanes) is 2. The first-order valence-electron chi connectivity index (χ1n) is 5.67. The van der Waals surface area contributed by atoms with E-state index in [2.05, 4.69) is 4.72 Å². The van der Waals surface area contributed by atoms with Crippen LogP contribution in [-0.2, 0) is 10.0 Å². The van der Waals surface area contributed by atoms with Crippen LogP contribution in [0.2, 0.25) is 0 Å². The number of nitrogens with one attached hydrogen (secondary N) is 1. The van der Waals surface area contributed by atoms with Crippen molar-refractivity contribution in [2.75, 3.05) is 6.54 Å². The summed E-state index contributed by atoms with van der Waals surface area (Å²) < 4.78 is 26.0. The zero-order valence-electron chi connectivity index (χ0n) is 10.2. The molecular weight excluding hydrogens is 268 g/mol. The highest BCUT2D eigenvalue weighted by atomic mass is 32.2. The molecule has 1 aromatic carbocycles. The number of nitriles is 1. The number of nitrogens with zero attached hydrogens (tertiary/aromatic N) is 1. The molecule has 7 heteroatoms. The first-order chi connectivity index (χ1) is 8.97. The van der Waals surface area contributed by atoms with Crippen molar-refractivity contribution in [2.45, 2.75) is 24.2 Å². The van der Waals surface area contributed by atoms with E-state index in [4.69, 9.17) is 10.4 Å². The molecule has 0 aliphatic heterocycles. The first-order valence-corrected chi connectivity index (χ1v) is 7.15. The maximum Gasteiger partial charge on any atom is 0.335 e. The van der Waals surface area contributed by atoms with E-state index in [1.165, 1.54) is 24.3 Å². The van der Waals surface area contributed by atoms with Crippen LogP contribution in [0.5, 0.6) is 0 Å². The topological polar surface area (TPSA) is 107 Å². The van der Waals surface area contributed by atoms with Gasteiger partial charge in [0.2, 0.25) is 10.0 Å². The molecule has 0 saturated carbocycles. The lowest BCUT2D eigenvalue weighted by atomic mass is 10.2. The van der Waals surface area contributed by atoms with Crippen molar-refractivity contribution in [1.29, 1.82) is 5.26 Å². The molecule has 0 saturated heterocycles. The van der Waals surface area contributed by atoms with Gasteiger partial charge in [-0.3, -0.25) is 0 Å². The fourth-order valence-electron chi connectivity index (χ4n) is 1.40. The van der Waals surface area contributed by atoms with E-state index < -0.39 is 16.0 Å². The van der Waals surface area contributed by atoms with Gasteiger partial charge in [-0.15, -0.1) is 0 Å². The monoisotopic (exact) mass is 282 g/mol. The van der Waals surface area contributed by atoms with Gasteiger partial charge in [-0.05, 0) is 37.1 Å². The summed E-state index contributed by atoms with van der Waals surface area (Å²) in [7, 11) is -3.62. The van der Waals surface area contributed by atoms with Crippen molar-refractivity contribution in [2.24, 2.45) is 0 Å². The lowest BCUT2D eigenvalue weighted by Crippen LogP contribution is -2.24. The standard InChI is InChI=1S/C12H14N2O4S/c13-8-2-1-3-9-14-19(17,18)11-6-4-10(5-7-11)12(15)16/h4-7,14H,1-3,9H2,(H,15,16). The van der Waals surface area contributed by atoms with Crippen LogP contribution in [0, 0.1) is 11.3 Å². The highest BCUT2D eigenvalue weighted by Crippen LogP contribution is 2.10. The Kier molecular flexibility index (Phi) is 5.48. The SMILES string of the molecule is N#CCCCCNS(=O)(=O)c1ccc(C(=O)O)cc1. The Hall–Kier alpha value is -1.91. The Morgan fingerprint density at radius 1 is 1.26 bits per heavy atom. The summed E-state index contributed by atoms with van der Waals surface area (Å²) in [4.78, 5) is 10.7. The summed E-state index contributed by atoms with van der Waals surface area (Å²) in [6, 6.07) is 6.97. The predicted molar refractivity (Wildman–Crippen MR) is 68.1 cm³/mol. The highest BCUT2D eigenvalue weighted by molar-refractivity contribution is 7.89. The van der Waals surface area contributed by atoms with Crippen molar-refractivity contribution in [3.8, 4) is 6.07 Å². The minimum absolute atomic E-state index is 0.0257. The van der Waals surface area contributed by atoms with E-state index in [1.54, 1.807) is 0 Å². The zero-order chi connectivity index (χ0) is 14.3. The number of aromatic carboxylic acids is 1. The van der Waals surface area contributed by atoms with Gasteiger partial charge < -0.3 is 5.11 Å². The van der Waals surface area contributed by atoms with Crippen molar-refractivity contribution in [3.63, 3.8) is 0 Å². The summed E-state index contributed by atoms with van der Waals surface area (Å²) in [5, 5.41) is 17.0. The van der Waals surface area contributed by atoms with E-state index in [0.717, 1.165) is 0 Å². The van der Waals surface area contributed by atoms with E-state index >= 15 is 0 Å². The fraction of sp³-hybridized carbons (Fsp3) is 0.333. The Balaban J connectivity index is 2.62. The van der Waals surface area contributed by atoms with Crippen LogP contribution in [0.25, 0.3) is 0 Å². The third-order valence-electron chi connectivity index (χ3n) is 2.42. The number of sulfonamides is 1. The lowest BCUT2D eigenvalue weighted by Gasteiger charge is -2.06. The number of carboxylic acid groups (broad SMARTS) is 1. The maximum absolute atomic E-state index is 11.8. The van der Waals surface area contributed by atoms with Gasteiger partial charge in [0.25, 0.3) is 0 Å². The Morgan fingerprint density at radius 2 is 1.89 bits per heavy atom. The molecule has 2 N–H and O–H groups in total. The van der Waals surface area contributed by atoms with Crippen molar-refractivity contribution < 1.29 is 18.3 Å². The first kappa shape index (κ1) is 15.1. The largest absolute Gasteiger partial charge is 0.478 e. The highest BCUT2D eigenvalue weighted by Gasteiger charge is 2.13. The van der Waals surface area contributed by atoms with E-state index in [-0.39, 0.29) is 17.0 Å². The Labute approximate surface area is 111 Å². The lowest BCUT2D eigenvalue weighted by molar-refractivity contribution is 0.0696. The second kappa shape index (κ2) is 6.87. The van der Waals surface area contributed by atoms with Gasteiger partial charge in [-0.25, -0.2) is 17.9 Å². The smallest absolute Gasteiger partial charge is 0.335 e. The molecule has 0 aliphatic rings. The number of rotatable bonds is 7. The fourth-order valence-corrected chi connectivity index (χ4v) is 2.47. The van der Waals surface area contributed by atoms with Gasteiger partial charge in [0.1, 0.15) is 0 Å². The van der Waals surface area contributed by atoms with Gasteiger partial charge in [0.05, 0.1) is 16.5 Å². The number of carbonyl (C=O) groups is 1. The Bertz CT molecular complexity index is 573. The molecule has 0 amide bonds. The second-order valence-corrected chi connectivity index (χ2v) is 5.61. The average molecular weight is 282 g/mol. The molecule has 0 heterocycles. The van der Waals surface area contributed by atoms with Crippen LogP contribution in [0.1, 0.15) is 29.6 Å². The molecule has 1 aromatic rings. The normalized spacial score (nSPS) is 10.9. The molecule has 0 fully saturated rings. The molecule has 0 bridgehead atoms. The summed E-state index contributed by atoms with van der Waals surface area (Å²) in [5.41, 5.74) is 0.0352. The van der Waals surface area contributed by atoms with Gasteiger partial charge in [0, 0.05) is 13.0 Å². The predicted octanol–water partition coefficient (Wildman–Crippen LogP) is 1.36. The quantitative estimate of drug-likeness (QED) is 0.734. The molecule has 0 spiro atoms. The molecule has 0 radical (unpaired) electrons. The molecule has 19 heavy (non-hydrogen) atoms. The molecular formula is C12H14N2O4S. The van der Waals surface area contributed by atoms with Gasteiger partial charge in [-0.2, -0.15) is 5.26 Å². The number of carboxylic acids is 1. The van der Waals surface area contributed by atoms with Crippen LogP contribution in [0.3, 0.4) is 0 Å². The molecule has 0 unspecified atom stereocenters. The maximum atomic E-state index is 11.8. The van der Waals surface area contributed by atoms with Crippen LogP contribution in [0.4, 0.5) is 0 Å². The molecule has 0 aromatic heterocycles. The number of hydrogen-bond donors (Lipinski definition) is 2. The van der Waals surface area contributed by atoms with Crippen LogP contribution in [0.15, 0.2) is 29.2 Å². The van der Waals surface area contributed by atoms with Gasteiger partial charge in [0.15, 0.2) is 0 Å². The van der Waals surface area contributed by atoms with E-state index in [0.29, 0.717) is 19.3 Å². The molecule has 102 valence electrons. The molecule has 1 rings (SSSR count). The molecule has 0 aliphatic carbocycles. The van der Waals surface area contributed by atoms with Gasteiger partial charge in [-0.1, -0.05) is 0 Å². The van der Waals surface area contributed by atoms with Crippen molar-refractivity contribution >= 4 is 16.0 Å². The molecule has 0 atom stereocenters. The van der Waals surface area contributed by atoms with Crippen LogP contribution < -0.4 is 4.72 Å². The molecule has 6 nitrogen and oxygen atoms in total. The summed E-state index contributed by atoms with van der Waals surface area (Å²) >= 11 is 0. The Morgan fingerprint density at radius 3 is 2.42 bits per heavy atom. The average Bonchev–Trinajstić information content (AvgIpc) is 2.38. The number of hydrogen-bond acceptors (Lipinski definition) is 4. The summed E-state index contributed by atoms with van der Waals surface area (Å²) in [5.74, 6) is -1.10. The van der Waals surface area contributed by atoms with Crippen molar-refractivity contribution in [3.05, 3.63) is 29.8 Å². The minimum atomic E-state index is -3.62. The van der Waals surface area contributed by atoms with E-state index in [9.17, 15) is 13.2 Å². The third kappa shape index (κ3) is 4.69. The third-order valence-corrected chi connectivity index (χ3v) is 3.90. The van der Waals surface area contributed by atoms with Crippen LogP contribution in [-0.4, -0.2) is 26.0 Å². The van der Waals surface area contributed by atoms with Gasteiger partial charge >= 0.3 is 5.97 Å². The minimum Gasteiger partial charge on any atom is -0.478 e. The summed E-state index contributed by atoms with van der Waals surface area (Å²) in [6.07, 6.45) is 1.62. The second-order valence-electron chi connectivity index (χ2n) is 3.84. The van der Waals surface area contributed by atoms with Crippen molar-refractivity contribution in [1.82, 2.24) is 4.72 Å².